The molecule has 2 rings (SSSR count). The van der Waals surface area contributed by atoms with E-state index in [-0.39, 0.29) is 18.4 Å². The van der Waals surface area contributed by atoms with E-state index in [4.69, 9.17) is 5.73 Å². The molecule has 5 nitrogen and oxygen atoms in total. The van der Waals surface area contributed by atoms with Crippen LogP contribution in [0, 0.1) is 18.7 Å². The molecule has 0 bridgehead atoms. The van der Waals surface area contributed by atoms with Gasteiger partial charge in [-0.25, -0.2) is 4.39 Å². The lowest BCUT2D eigenvalue weighted by Gasteiger charge is -2.18. The van der Waals surface area contributed by atoms with Crippen molar-refractivity contribution in [2.24, 2.45) is 16.6 Å². The summed E-state index contributed by atoms with van der Waals surface area (Å²) in [6.45, 7) is 7.19. The van der Waals surface area contributed by atoms with Crippen LogP contribution in [0.3, 0.4) is 0 Å². The number of carbonyl (C=O) groups excluding carboxylic acids is 1. The Morgan fingerprint density at radius 3 is 2.50 bits per heavy atom. The summed E-state index contributed by atoms with van der Waals surface area (Å²) < 4.78 is 13.1. The van der Waals surface area contributed by atoms with Crippen LogP contribution in [0.5, 0.6) is 0 Å². The summed E-state index contributed by atoms with van der Waals surface area (Å²) in [5.41, 5.74) is 6.42. The molecule has 0 aliphatic rings. The fourth-order valence-corrected chi connectivity index (χ4v) is 3.88. The second kappa shape index (κ2) is 10.8. The number of rotatable bonds is 9. The minimum atomic E-state index is -0.448. The van der Waals surface area contributed by atoms with Crippen LogP contribution in [-0.4, -0.2) is 31.0 Å². The predicted octanol–water partition coefficient (Wildman–Crippen LogP) is 3.03. The lowest BCUT2D eigenvalue weighted by Crippen LogP contribution is -2.43. The second-order valence-electron chi connectivity index (χ2n) is 6.91. The van der Waals surface area contributed by atoms with Gasteiger partial charge in [0.15, 0.2) is 5.96 Å². The highest BCUT2D eigenvalue weighted by Crippen LogP contribution is 2.16. The fourth-order valence-electron chi connectivity index (χ4n) is 2.86. The average Bonchev–Trinajstić information content (AvgIpc) is 3.04. The van der Waals surface area contributed by atoms with Crippen molar-refractivity contribution in [2.75, 3.05) is 13.1 Å². The van der Waals surface area contributed by atoms with Crippen molar-refractivity contribution in [1.82, 2.24) is 10.6 Å². The molecule has 0 aliphatic heterocycles. The smallest absolute Gasteiger partial charge is 0.222 e. The first-order valence-electron chi connectivity index (χ1n) is 9.51. The third kappa shape index (κ3) is 7.31. The van der Waals surface area contributed by atoms with Crippen molar-refractivity contribution >= 4 is 23.2 Å². The number of hydrogen-bond acceptors (Lipinski definition) is 3. The summed E-state index contributed by atoms with van der Waals surface area (Å²) in [6, 6.07) is 10.6. The predicted molar refractivity (Wildman–Crippen MR) is 114 cm³/mol. The van der Waals surface area contributed by atoms with Gasteiger partial charge < -0.3 is 16.4 Å². The molecule has 4 N–H and O–H groups in total. The standard InChI is InChI=1S/C21H29FN4OS/c1-4-24-21(26-14(2)11-19-10-5-15(3)28-19)25-13-17(20(23)27)12-16-6-8-18(22)9-7-16/h5-10,14,17H,4,11-13H2,1-3H3,(H2,23,27)(H2,24,25,26). The van der Waals surface area contributed by atoms with Gasteiger partial charge in [0.1, 0.15) is 5.82 Å². The fraction of sp³-hybridized carbons (Fsp3) is 0.429. The monoisotopic (exact) mass is 404 g/mol. The lowest BCUT2D eigenvalue weighted by molar-refractivity contribution is -0.121. The van der Waals surface area contributed by atoms with Gasteiger partial charge in [0, 0.05) is 28.8 Å². The molecule has 2 aromatic rings. The van der Waals surface area contributed by atoms with Crippen molar-refractivity contribution in [3.05, 3.63) is 57.5 Å². The second-order valence-corrected chi connectivity index (χ2v) is 8.28. The Bertz CT molecular complexity index is 788. The number of hydrogen-bond donors (Lipinski definition) is 3. The number of aryl methyl sites for hydroxylation is 1. The Hall–Kier alpha value is -2.41. The van der Waals surface area contributed by atoms with Crippen molar-refractivity contribution in [2.45, 2.75) is 39.7 Å². The first kappa shape index (κ1) is 21.9. The number of thiophene rings is 1. The van der Waals surface area contributed by atoms with E-state index < -0.39 is 11.8 Å². The number of aliphatic imine (C=N–C) groups is 1. The molecule has 0 spiro atoms. The normalized spacial score (nSPS) is 13.8. The minimum Gasteiger partial charge on any atom is -0.369 e. The number of halogens is 1. The van der Waals surface area contributed by atoms with E-state index in [0.29, 0.717) is 12.4 Å². The van der Waals surface area contributed by atoms with Crippen molar-refractivity contribution in [1.29, 1.82) is 0 Å². The van der Waals surface area contributed by atoms with E-state index in [1.165, 1.54) is 21.9 Å². The molecule has 0 aliphatic carbocycles. The number of benzene rings is 1. The Morgan fingerprint density at radius 1 is 1.21 bits per heavy atom. The van der Waals surface area contributed by atoms with Crippen molar-refractivity contribution in [3.8, 4) is 0 Å². The topological polar surface area (TPSA) is 79.5 Å². The van der Waals surface area contributed by atoms with Crippen molar-refractivity contribution < 1.29 is 9.18 Å². The summed E-state index contributed by atoms with van der Waals surface area (Å²) in [6.07, 6.45) is 1.33. The van der Waals surface area contributed by atoms with Crippen molar-refractivity contribution in [3.63, 3.8) is 0 Å². The van der Waals surface area contributed by atoms with E-state index in [9.17, 15) is 9.18 Å². The van der Waals surface area contributed by atoms with Gasteiger partial charge in [-0.3, -0.25) is 9.79 Å². The van der Waals surface area contributed by atoms with E-state index in [1.54, 1.807) is 23.5 Å². The first-order valence-corrected chi connectivity index (χ1v) is 10.3. The molecule has 0 fully saturated rings. The molecule has 7 heteroatoms. The maximum absolute atomic E-state index is 13.1. The number of nitrogens with zero attached hydrogens (tertiary/aromatic N) is 1. The number of nitrogens with two attached hydrogens (primary N) is 1. The van der Waals surface area contributed by atoms with Gasteiger partial charge in [-0.15, -0.1) is 11.3 Å². The lowest BCUT2D eigenvalue weighted by atomic mass is 9.99. The minimum absolute atomic E-state index is 0.194. The number of carbonyl (C=O) groups is 1. The largest absolute Gasteiger partial charge is 0.369 e. The molecule has 0 saturated carbocycles. The number of primary amides is 1. The van der Waals surface area contributed by atoms with Crippen LogP contribution in [0.15, 0.2) is 41.4 Å². The molecule has 0 saturated heterocycles. The summed E-state index contributed by atoms with van der Waals surface area (Å²) in [5.74, 6) is -0.498. The molecule has 1 heterocycles. The number of guanidine groups is 1. The SMILES string of the molecule is CCNC(=NCC(Cc1ccc(F)cc1)C(N)=O)NC(C)Cc1ccc(C)s1. The Kier molecular flexibility index (Phi) is 8.44. The Morgan fingerprint density at radius 2 is 1.93 bits per heavy atom. The van der Waals surface area contributed by atoms with E-state index in [0.717, 1.165) is 18.5 Å². The van der Waals surface area contributed by atoms with E-state index in [1.807, 2.05) is 6.92 Å². The first-order chi connectivity index (χ1) is 13.4. The van der Waals surface area contributed by atoms with Gasteiger partial charge in [-0.1, -0.05) is 12.1 Å². The Balaban J connectivity index is 1.99. The molecule has 2 unspecified atom stereocenters. The molecule has 28 heavy (non-hydrogen) atoms. The molecule has 1 aromatic carbocycles. The molecular formula is C21H29FN4OS. The van der Waals surface area contributed by atoms with E-state index >= 15 is 0 Å². The summed E-state index contributed by atoms with van der Waals surface area (Å²) in [5, 5.41) is 6.60. The van der Waals surface area contributed by atoms with Crippen LogP contribution in [0.2, 0.25) is 0 Å². The van der Waals surface area contributed by atoms with Crippen LogP contribution in [-0.2, 0) is 17.6 Å². The Labute approximate surface area is 170 Å². The van der Waals surface area contributed by atoms with Gasteiger partial charge in [0.2, 0.25) is 5.91 Å². The summed E-state index contributed by atoms with van der Waals surface area (Å²) in [7, 11) is 0. The van der Waals surface area contributed by atoms with E-state index in [2.05, 4.69) is 41.6 Å². The third-order valence-corrected chi connectivity index (χ3v) is 5.32. The highest BCUT2D eigenvalue weighted by Gasteiger charge is 2.17. The van der Waals surface area contributed by atoms with Gasteiger partial charge >= 0.3 is 0 Å². The third-order valence-electron chi connectivity index (χ3n) is 4.30. The highest BCUT2D eigenvalue weighted by atomic mass is 32.1. The maximum Gasteiger partial charge on any atom is 0.222 e. The number of nitrogens with one attached hydrogen (secondary N) is 2. The number of amides is 1. The maximum atomic E-state index is 13.1. The molecule has 2 atom stereocenters. The zero-order valence-corrected chi connectivity index (χ0v) is 17.5. The van der Waals surface area contributed by atoms with Crippen LogP contribution in [0.25, 0.3) is 0 Å². The quantitative estimate of drug-likeness (QED) is 0.444. The summed E-state index contributed by atoms with van der Waals surface area (Å²) >= 11 is 1.79. The molecule has 1 amide bonds. The molecule has 0 radical (unpaired) electrons. The van der Waals surface area contributed by atoms with Gasteiger partial charge in [0.05, 0.1) is 12.5 Å². The molecular weight excluding hydrogens is 375 g/mol. The highest BCUT2D eigenvalue weighted by molar-refractivity contribution is 7.11. The molecule has 1 aromatic heterocycles. The zero-order chi connectivity index (χ0) is 20.5. The average molecular weight is 405 g/mol. The van der Waals surface area contributed by atoms with Gasteiger partial charge in [-0.2, -0.15) is 0 Å². The van der Waals surface area contributed by atoms with Gasteiger partial charge in [0.25, 0.3) is 0 Å². The van der Waals surface area contributed by atoms with Crippen LogP contribution < -0.4 is 16.4 Å². The van der Waals surface area contributed by atoms with Crippen LogP contribution in [0.4, 0.5) is 4.39 Å². The van der Waals surface area contributed by atoms with Crippen LogP contribution in [0.1, 0.15) is 29.2 Å². The summed E-state index contributed by atoms with van der Waals surface area (Å²) in [4.78, 5) is 19.0. The van der Waals surface area contributed by atoms with Gasteiger partial charge in [-0.05, 0) is 57.0 Å². The zero-order valence-electron chi connectivity index (χ0n) is 16.7. The molecule has 152 valence electrons. The van der Waals surface area contributed by atoms with Crippen LogP contribution >= 0.6 is 11.3 Å².